The summed E-state index contributed by atoms with van der Waals surface area (Å²) in [7, 11) is 0. The van der Waals surface area contributed by atoms with E-state index in [9.17, 15) is 4.79 Å². The van der Waals surface area contributed by atoms with E-state index in [1.807, 2.05) is 6.92 Å². The van der Waals surface area contributed by atoms with Gasteiger partial charge in [0.1, 0.15) is 6.04 Å². The third-order valence-electron chi connectivity index (χ3n) is 4.06. The highest BCUT2D eigenvalue weighted by Crippen LogP contribution is 2.15. The first-order valence-corrected chi connectivity index (χ1v) is 7.71. The molecule has 0 aromatic carbocycles. The van der Waals surface area contributed by atoms with E-state index in [-0.39, 0.29) is 12.0 Å². The van der Waals surface area contributed by atoms with Crippen LogP contribution in [0.5, 0.6) is 0 Å². The Balaban J connectivity index is 1.51. The largest absolute Gasteiger partial charge is 0.464 e. The second-order valence-electron chi connectivity index (χ2n) is 5.71. The van der Waals surface area contributed by atoms with Crippen molar-refractivity contribution in [3.05, 3.63) is 11.7 Å². The number of aromatic nitrogens is 2. The third kappa shape index (κ3) is 3.59. The van der Waals surface area contributed by atoms with Gasteiger partial charge in [0, 0.05) is 25.4 Å². The average molecular weight is 294 g/mol. The van der Waals surface area contributed by atoms with Crippen molar-refractivity contribution in [2.45, 2.75) is 51.2 Å². The number of carbonyl (C=O) groups excluding carboxylic acids is 1. The van der Waals surface area contributed by atoms with Crippen LogP contribution in [0.25, 0.3) is 0 Å². The molecule has 0 bridgehead atoms. The minimum absolute atomic E-state index is 0.113. The number of nitrogens with one attached hydrogen (secondary N) is 1. The number of esters is 1. The van der Waals surface area contributed by atoms with Gasteiger partial charge in [-0.25, -0.2) is 0 Å². The Morgan fingerprint density at radius 2 is 2.33 bits per heavy atom. The molecule has 1 aromatic rings. The van der Waals surface area contributed by atoms with Crippen molar-refractivity contribution in [3.8, 4) is 0 Å². The molecule has 2 atom stereocenters. The van der Waals surface area contributed by atoms with Crippen LogP contribution < -0.4 is 5.32 Å². The van der Waals surface area contributed by atoms with Crippen LogP contribution >= 0.6 is 0 Å². The summed E-state index contributed by atoms with van der Waals surface area (Å²) >= 11 is 0. The van der Waals surface area contributed by atoms with Crippen molar-refractivity contribution in [3.63, 3.8) is 0 Å². The van der Waals surface area contributed by atoms with Gasteiger partial charge in [0.2, 0.25) is 5.89 Å². The highest BCUT2D eigenvalue weighted by atomic mass is 16.5. The van der Waals surface area contributed by atoms with Crippen LogP contribution in [0, 0.1) is 0 Å². The smallest absolute Gasteiger partial charge is 0.323 e. The highest BCUT2D eigenvalue weighted by molar-refractivity contribution is 5.77. The molecule has 2 unspecified atom stereocenters. The van der Waals surface area contributed by atoms with Gasteiger partial charge in [-0.1, -0.05) is 12.1 Å². The molecule has 21 heavy (non-hydrogen) atoms. The standard InChI is InChI=1S/C14H22N4O3/c1-2-13-16-12(17-21-13)9-18-6-3-4-10(8-18)15-11-5-7-20-14(11)19/h10-11,15H,2-9H2,1H3. The molecule has 116 valence electrons. The van der Waals surface area contributed by atoms with Crippen molar-refractivity contribution >= 4 is 5.97 Å². The van der Waals surface area contributed by atoms with Gasteiger partial charge in [-0.2, -0.15) is 4.98 Å². The molecule has 1 N–H and O–H groups in total. The molecular weight excluding hydrogens is 272 g/mol. The predicted molar refractivity (Wildman–Crippen MR) is 74.5 cm³/mol. The summed E-state index contributed by atoms with van der Waals surface area (Å²) in [4.78, 5) is 18.2. The van der Waals surface area contributed by atoms with Crippen molar-refractivity contribution in [1.29, 1.82) is 0 Å². The van der Waals surface area contributed by atoms with E-state index in [1.54, 1.807) is 0 Å². The fraction of sp³-hybridized carbons (Fsp3) is 0.786. The number of hydrogen-bond acceptors (Lipinski definition) is 7. The first-order valence-electron chi connectivity index (χ1n) is 7.71. The quantitative estimate of drug-likeness (QED) is 0.792. The number of hydrogen-bond donors (Lipinski definition) is 1. The summed E-state index contributed by atoms with van der Waals surface area (Å²) in [5.41, 5.74) is 0. The van der Waals surface area contributed by atoms with Gasteiger partial charge in [0.05, 0.1) is 13.2 Å². The number of ether oxygens (including phenoxy) is 1. The molecule has 2 aliphatic rings. The van der Waals surface area contributed by atoms with Crippen LogP contribution in [-0.4, -0.2) is 52.8 Å². The second-order valence-corrected chi connectivity index (χ2v) is 5.71. The second kappa shape index (κ2) is 6.53. The van der Waals surface area contributed by atoms with Crippen molar-refractivity contribution in [2.75, 3.05) is 19.7 Å². The maximum Gasteiger partial charge on any atom is 0.323 e. The van der Waals surface area contributed by atoms with Gasteiger partial charge in [0.25, 0.3) is 0 Å². The molecule has 0 saturated carbocycles. The van der Waals surface area contributed by atoms with E-state index in [0.29, 0.717) is 25.1 Å². The Kier molecular flexibility index (Phi) is 4.50. The fourth-order valence-corrected chi connectivity index (χ4v) is 2.96. The number of rotatable bonds is 5. The lowest BCUT2D eigenvalue weighted by Gasteiger charge is -2.33. The first-order chi connectivity index (χ1) is 10.2. The Morgan fingerprint density at radius 3 is 3.05 bits per heavy atom. The third-order valence-corrected chi connectivity index (χ3v) is 4.06. The number of likely N-dealkylation sites (tertiary alicyclic amines) is 1. The molecule has 7 heteroatoms. The molecule has 2 saturated heterocycles. The van der Waals surface area contributed by atoms with Crippen molar-refractivity contribution in [2.24, 2.45) is 0 Å². The summed E-state index contributed by atoms with van der Waals surface area (Å²) in [5.74, 6) is 1.32. The lowest BCUT2D eigenvalue weighted by molar-refractivity contribution is -0.139. The lowest BCUT2D eigenvalue weighted by Crippen LogP contribution is -2.50. The number of aryl methyl sites for hydroxylation is 1. The maximum atomic E-state index is 11.5. The van der Waals surface area contributed by atoms with E-state index in [2.05, 4.69) is 20.4 Å². The monoisotopic (exact) mass is 294 g/mol. The minimum atomic E-state index is -0.133. The summed E-state index contributed by atoms with van der Waals surface area (Å²) in [6, 6.07) is 0.193. The molecule has 7 nitrogen and oxygen atoms in total. The molecule has 3 heterocycles. The molecule has 0 aliphatic carbocycles. The minimum Gasteiger partial charge on any atom is -0.464 e. The fourth-order valence-electron chi connectivity index (χ4n) is 2.96. The SMILES string of the molecule is CCc1nc(CN2CCCC(NC3CCOC3=O)C2)no1. The highest BCUT2D eigenvalue weighted by Gasteiger charge is 2.30. The molecule has 2 fully saturated rings. The molecule has 0 spiro atoms. The Bertz CT molecular complexity index is 490. The summed E-state index contributed by atoms with van der Waals surface area (Å²) in [6.07, 6.45) is 3.74. The summed E-state index contributed by atoms with van der Waals surface area (Å²) < 4.78 is 10.1. The average Bonchev–Trinajstić information content (AvgIpc) is 3.09. The van der Waals surface area contributed by atoms with Crippen molar-refractivity contribution in [1.82, 2.24) is 20.4 Å². The Morgan fingerprint density at radius 1 is 1.43 bits per heavy atom. The topological polar surface area (TPSA) is 80.5 Å². The van der Waals surface area contributed by atoms with Gasteiger partial charge in [-0.05, 0) is 19.4 Å². The predicted octanol–water partition coefficient (Wildman–Crippen LogP) is 0.502. The summed E-state index contributed by atoms with van der Waals surface area (Å²) in [6.45, 7) is 5.17. The van der Waals surface area contributed by atoms with E-state index in [4.69, 9.17) is 9.26 Å². The van der Waals surface area contributed by atoms with Crippen LogP contribution in [-0.2, 0) is 22.5 Å². The first kappa shape index (κ1) is 14.5. The summed E-state index contributed by atoms with van der Waals surface area (Å²) in [5, 5.41) is 7.42. The normalized spacial score (nSPS) is 27.0. The van der Waals surface area contributed by atoms with Crippen molar-refractivity contribution < 1.29 is 14.1 Å². The zero-order valence-electron chi connectivity index (χ0n) is 12.4. The maximum absolute atomic E-state index is 11.5. The number of carbonyl (C=O) groups is 1. The lowest BCUT2D eigenvalue weighted by atomic mass is 10.0. The molecular formula is C14H22N4O3. The molecule has 2 aliphatic heterocycles. The number of nitrogens with zero attached hydrogens (tertiary/aromatic N) is 3. The zero-order valence-corrected chi connectivity index (χ0v) is 12.4. The number of piperidine rings is 1. The van der Waals surface area contributed by atoms with Crippen LogP contribution in [0.1, 0.15) is 37.9 Å². The van der Waals surface area contributed by atoms with Crippen LogP contribution in [0.4, 0.5) is 0 Å². The van der Waals surface area contributed by atoms with Gasteiger partial charge in [-0.3, -0.25) is 9.69 Å². The van der Waals surface area contributed by atoms with Gasteiger partial charge in [0.15, 0.2) is 5.82 Å². The van der Waals surface area contributed by atoms with E-state index < -0.39 is 0 Å². The van der Waals surface area contributed by atoms with E-state index >= 15 is 0 Å². The van der Waals surface area contributed by atoms with Crippen LogP contribution in [0.2, 0.25) is 0 Å². The number of cyclic esters (lactones) is 1. The molecule has 3 rings (SSSR count). The zero-order chi connectivity index (χ0) is 14.7. The Hall–Kier alpha value is -1.47. The Labute approximate surface area is 124 Å². The molecule has 0 radical (unpaired) electrons. The van der Waals surface area contributed by atoms with E-state index in [0.717, 1.165) is 44.6 Å². The molecule has 0 amide bonds. The van der Waals surface area contributed by atoms with Crippen LogP contribution in [0.15, 0.2) is 4.52 Å². The molecule has 1 aromatic heterocycles. The van der Waals surface area contributed by atoms with Gasteiger partial charge in [-0.15, -0.1) is 0 Å². The van der Waals surface area contributed by atoms with Gasteiger partial charge < -0.3 is 14.6 Å². The van der Waals surface area contributed by atoms with Gasteiger partial charge >= 0.3 is 5.97 Å². The van der Waals surface area contributed by atoms with E-state index in [1.165, 1.54) is 0 Å². The van der Waals surface area contributed by atoms with Crippen LogP contribution in [0.3, 0.4) is 0 Å².